The van der Waals surface area contributed by atoms with Gasteiger partial charge in [-0.2, -0.15) is 0 Å². The summed E-state index contributed by atoms with van der Waals surface area (Å²) in [6.07, 6.45) is 1.20. The van der Waals surface area contributed by atoms with E-state index in [1.165, 1.54) is 17.7 Å². The Labute approximate surface area is 99.5 Å². The summed E-state index contributed by atoms with van der Waals surface area (Å²) in [5, 5.41) is 0. The van der Waals surface area contributed by atoms with Crippen molar-refractivity contribution in [3.63, 3.8) is 0 Å². The van der Waals surface area contributed by atoms with Gasteiger partial charge in [0.05, 0.1) is 6.54 Å². The van der Waals surface area contributed by atoms with Crippen molar-refractivity contribution >= 4 is 5.69 Å². The highest BCUT2D eigenvalue weighted by molar-refractivity contribution is 5.58. The summed E-state index contributed by atoms with van der Waals surface area (Å²) in [4.78, 5) is 2.45. The maximum Gasteiger partial charge on any atom is 0.0556 e. The zero-order valence-corrected chi connectivity index (χ0v) is 11.0. The molecule has 1 saturated heterocycles. The average molecular weight is 216 g/mol. The quantitative estimate of drug-likeness (QED) is 0.681. The van der Waals surface area contributed by atoms with Gasteiger partial charge in [0.15, 0.2) is 0 Å². The molecule has 0 unspecified atom stereocenters. The SMILES string of the molecule is Cc1ccccc1N1[CH]C(C)(C)CC1(C)C. The fourth-order valence-electron chi connectivity index (χ4n) is 3.00. The fraction of sp³-hybridized carbons (Fsp3) is 0.533. The van der Waals surface area contributed by atoms with Crippen molar-refractivity contribution in [2.45, 2.75) is 46.6 Å². The van der Waals surface area contributed by atoms with E-state index >= 15 is 0 Å². The van der Waals surface area contributed by atoms with Crippen LogP contribution in [0.1, 0.15) is 39.7 Å². The van der Waals surface area contributed by atoms with Crippen LogP contribution in [0, 0.1) is 18.9 Å². The van der Waals surface area contributed by atoms with Crippen LogP contribution in [0.4, 0.5) is 5.69 Å². The molecule has 1 aromatic carbocycles. The molecular weight excluding hydrogens is 194 g/mol. The highest BCUT2D eigenvalue weighted by atomic mass is 15.2. The smallest absolute Gasteiger partial charge is 0.0556 e. The molecule has 0 aliphatic carbocycles. The summed E-state index contributed by atoms with van der Waals surface area (Å²) in [7, 11) is 0. The van der Waals surface area contributed by atoms with Crippen molar-refractivity contribution in [1.82, 2.24) is 0 Å². The Morgan fingerprint density at radius 2 is 1.69 bits per heavy atom. The summed E-state index contributed by atoms with van der Waals surface area (Å²) in [5.74, 6) is 0. The molecule has 1 heteroatoms. The molecule has 0 N–H and O–H groups in total. The molecule has 1 fully saturated rings. The molecule has 0 spiro atoms. The number of hydrogen-bond donors (Lipinski definition) is 0. The van der Waals surface area contributed by atoms with Crippen LogP contribution in [-0.4, -0.2) is 5.54 Å². The van der Waals surface area contributed by atoms with E-state index in [9.17, 15) is 0 Å². The van der Waals surface area contributed by atoms with Crippen molar-refractivity contribution < 1.29 is 0 Å². The lowest BCUT2D eigenvalue weighted by molar-refractivity contribution is 0.388. The van der Waals surface area contributed by atoms with E-state index in [1.807, 2.05) is 0 Å². The van der Waals surface area contributed by atoms with E-state index < -0.39 is 0 Å². The number of benzene rings is 1. The first kappa shape index (κ1) is 11.5. The maximum absolute atomic E-state index is 2.45. The minimum Gasteiger partial charge on any atom is -0.361 e. The third-order valence-corrected chi connectivity index (χ3v) is 3.39. The molecule has 1 nitrogen and oxygen atoms in total. The lowest BCUT2D eigenvalue weighted by Gasteiger charge is -2.34. The second-order valence-electron chi connectivity index (χ2n) is 6.26. The molecule has 1 radical (unpaired) electrons. The van der Waals surface area contributed by atoms with Gasteiger partial charge in [-0.3, -0.25) is 0 Å². The van der Waals surface area contributed by atoms with E-state index in [4.69, 9.17) is 0 Å². The van der Waals surface area contributed by atoms with Crippen LogP contribution in [-0.2, 0) is 0 Å². The van der Waals surface area contributed by atoms with Gasteiger partial charge in [-0.05, 0) is 44.2 Å². The fourth-order valence-corrected chi connectivity index (χ4v) is 3.00. The van der Waals surface area contributed by atoms with Gasteiger partial charge in [-0.15, -0.1) is 0 Å². The molecule has 1 aliphatic rings. The number of hydrogen-bond acceptors (Lipinski definition) is 1. The zero-order chi connectivity index (χ0) is 12.0. The molecule has 1 aliphatic heterocycles. The molecule has 0 atom stereocenters. The minimum absolute atomic E-state index is 0.218. The van der Waals surface area contributed by atoms with Gasteiger partial charge >= 0.3 is 0 Å². The predicted molar refractivity (Wildman–Crippen MR) is 70.4 cm³/mol. The van der Waals surface area contributed by atoms with Crippen LogP contribution in [0.5, 0.6) is 0 Å². The van der Waals surface area contributed by atoms with E-state index in [-0.39, 0.29) is 5.54 Å². The van der Waals surface area contributed by atoms with Gasteiger partial charge in [0, 0.05) is 11.2 Å². The Morgan fingerprint density at radius 3 is 2.19 bits per heavy atom. The summed E-state index contributed by atoms with van der Waals surface area (Å²) >= 11 is 0. The van der Waals surface area contributed by atoms with E-state index in [0.29, 0.717) is 5.41 Å². The van der Waals surface area contributed by atoms with Crippen molar-refractivity contribution in [3.8, 4) is 0 Å². The summed E-state index contributed by atoms with van der Waals surface area (Å²) in [6, 6.07) is 8.63. The molecular formula is C15H22N. The van der Waals surface area contributed by atoms with Crippen molar-refractivity contribution in [1.29, 1.82) is 0 Å². The molecule has 0 aromatic heterocycles. The Kier molecular flexibility index (Phi) is 2.52. The summed E-state index contributed by atoms with van der Waals surface area (Å²) in [5.41, 5.74) is 3.21. The second-order valence-corrected chi connectivity index (χ2v) is 6.26. The highest BCUT2D eigenvalue weighted by Gasteiger charge is 2.43. The van der Waals surface area contributed by atoms with Crippen LogP contribution >= 0.6 is 0 Å². The number of rotatable bonds is 1. The topological polar surface area (TPSA) is 3.24 Å². The normalized spacial score (nSPS) is 22.4. The largest absolute Gasteiger partial charge is 0.361 e. The zero-order valence-electron chi connectivity index (χ0n) is 11.0. The predicted octanol–water partition coefficient (Wildman–Crippen LogP) is 4.17. The van der Waals surface area contributed by atoms with Crippen molar-refractivity contribution in [2.75, 3.05) is 4.90 Å². The van der Waals surface area contributed by atoms with Crippen LogP contribution in [0.15, 0.2) is 24.3 Å². The summed E-state index contributed by atoms with van der Waals surface area (Å²) in [6.45, 7) is 13.8. The Morgan fingerprint density at radius 1 is 1.06 bits per heavy atom. The van der Waals surface area contributed by atoms with Gasteiger partial charge in [-0.1, -0.05) is 32.0 Å². The van der Waals surface area contributed by atoms with Crippen LogP contribution in [0.2, 0.25) is 0 Å². The van der Waals surface area contributed by atoms with Gasteiger partial charge in [0.2, 0.25) is 0 Å². The molecule has 87 valence electrons. The number of aryl methyl sites for hydroxylation is 1. The third-order valence-electron chi connectivity index (χ3n) is 3.39. The third kappa shape index (κ3) is 1.95. The first-order valence-electron chi connectivity index (χ1n) is 6.03. The van der Waals surface area contributed by atoms with Crippen LogP contribution < -0.4 is 4.90 Å². The van der Waals surface area contributed by atoms with Gasteiger partial charge in [-0.25, -0.2) is 0 Å². The second kappa shape index (κ2) is 3.51. The maximum atomic E-state index is 2.45. The minimum atomic E-state index is 0.218. The van der Waals surface area contributed by atoms with Crippen molar-refractivity contribution in [2.24, 2.45) is 5.41 Å². The van der Waals surface area contributed by atoms with Crippen LogP contribution in [0.25, 0.3) is 0 Å². The van der Waals surface area contributed by atoms with E-state index in [0.717, 1.165) is 0 Å². The Balaban J connectivity index is 2.39. The monoisotopic (exact) mass is 216 g/mol. The first-order chi connectivity index (χ1) is 7.32. The van der Waals surface area contributed by atoms with E-state index in [2.05, 4.69) is 70.3 Å². The first-order valence-corrected chi connectivity index (χ1v) is 6.03. The summed E-state index contributed by atoms with van der Waals surface area (Å²) < 4.78 is 0. The lowest BCUT2D eigenvalue weighted by atomic mass is 9.86. The van der Waals surface area contributed by atoms with Crippen molar-refractivity contribution in [3.05, 3.63) is 36.4 Å². The molecule has 0 saturated carbocycles. The number of para-hydroxylation sites is 1. The average Bonchev–Trinajstić information content (AvgIpc) is 2.35. The number of anilines is 1. The standard InChI is InChI=1S/C15H22N/c1-12-8-6-7-9-13(12)16-11-14(2,3)10-15(16,4)5/h6-9,11H,10H2,1-5H3. The Hall–Kier alpha value is -0.980. The van der Waals surface area contributed by atoms with Gasteiger partial charge < -0.3 is 4.90 Å². The molecule has 0 bridgehead atoms. The molecule has 16 heavy (non-hydrogen) atoms. The molecule has 1 heterocycles. The number of nitrogens with zero attached hydrogens (tertiary/aromatic N) is 1. The van der Waals surface area contributed by atoms with Gasteiger partial charge in [0.1, 0.15) is 0 Å². The van der Waals surface area contributed by atoms with E-state index in [1.54, 1.807) is 0 Å². The highest BCUT2D eigenvalue weighted by Crippen LogP contribution is 2.46. The molecule has 1 aromatic rings. The Bertz CT molecular complexity index is 390. The van der Waals surface area contributed by atoms with Gasteiger partial charge in [0.25, 0.3) is 0 Å². The van der Waals surface area contributed by atoms with Crippen LogP contribution in [0.3, 0.4) is 0 Å². The lowest BCUT2D eigenvalue weighted by Crippen LogP contribution is -2.36. The molecule has 2 rings (SSSR count). The molecule has 0 amide bonds.